The number of aliphatic carboxylic acids is 1. The van der Waals surface area contributed by atoms with E-state index in [1.54, 1.807) is 6.92 Å². The third kappa shape index (κ3) is 16.4. The number of carbonyl (C=O) groups is 1. The summed E-state index contributed by atoms with van der Waals surface area (Å²) in [4.78, 5) is 22.2. The van der Waals surface area contributed by atoms with Crippen LogP contribution in [0.5, 0.6) is 0 Å². The average Bonchev–Trinajstić information content (AvgIpc) is 2.87. The highest BCUT2D eigenvalue weighted by molar-refractivity contribution is 7.85. The van der Waals surface area contributed by atoms with Gasteiger partial charge in [0.2, 0.25) is 8.46 Å². The van der Waals surface area contributed by atoms with E-state index in [-0.39, 0.29) is 11.9 Å². The van der Waals surface area contributed by atoms with E-state index in [1.807, 2.05) is 6.92 Å². The van der Waals surface area contributed by atoms with Crippen molar-refractivity contribution in [2.45, 2.75) is 154 Å². The van der Waals surface area contributed by atoms with Crippen LogP contribution in [0.2, 0.25) is 0 Å². The molecule has 0 radical (unpaired) electrons. The minimum atomic E-state index is -2.41. The lowest BCUT2D eigenvalue weighted by atomic mass is 10.1. The standard InChI is InChI=1S/C27H53O7PS/c1-5-8-10-12-14-15-16-18-20-23-36(31)25(21-19-17-13-11-9-6-2)24(4)33-34-27(35-30,26(28)29)32-22-7-3/h24-25H,5-23H2,1-4H3,(H,28,29). The maximum absolute atomic E-state index is 13.2. The molecule has 0 saturated heterocycles. The van der Waals surface area contributed by atoms with Gasteiger partial charge >= 0.3 is 11.5 Å². The molecular formula is C27H53O7PS. The van der Waals surface area contributed by atoms with Crippen LogP contribution in [-0.4, -0.2) is 44.5 Å². The van der Waals surface area contributed by atoms with Gasteiger partial charge in [-0.05, 0) is 26.2 Å². The first kappa shape index (κ1) is 35.6. The summed E-state index contributed by atoms with van der Waals surface area (Å²) in [6.07, 6.45) is 18.2. The Kier molecular flexibility index (Phi) is 23.4. The maximum Gasteiger partial charge on any atom is 0.380 e. The third-order valence-electron chi connectivity index (χ3n) is 6.36. The fourth-order valence-electron chi connectivity index (χ4n) is 4.06. The molecule has 0 aromatic rings. The molecule has 0 aliphatic rings. The predicted octanol–water partition coefficient (Wildman–Crippen LogP) is 8.18. The maximum atomic E-state index is 13.2. The molecule has 9 heteroatoms. The van der Waals surface area contributed by atoms with Gasteiger partial charge in [-0.15, -0.1) is 0 Å². The molecule has 0 amide bonds. The average molecular weight is 553 g/mol. The monoisotopic (exact) mass is 552 g/mol. The molecular weight excluding hydrogens is 499 g/mol. The molecule has 4 unspecified atom stereocenters. The lowest BCUT2D eigenvalue weighted by Gasteiger charge is -2.27. The van der Waals surface area contributed by atoms with E-state index in [2.05, 4.69) is 13.8 Å². The van der Waals surface area contributed by atoms with Crippen molar-refractivity contribution in [1.82, 2.24) is 0 Å². The van der Waals surface area contributed by atoms with Gasteiger partial charge in [-0.25, -0.2) is 9.68 Å². The molecule has 214 valence electrons. The minimum absolute atomic E-state index is 0.0605. The van der Waals surface area contributed by atoms with Gasteiger partial charge in [0.1, 0.15) is 6.10 Å². The van der Waals surface area contributed by atoms with Crippen molar-refractivity contribution in [3.05, 3.63) is 0 Å². The summed E-state index contributed by atoms with van der Waals surface area (Å²) in [5, 5.41) is 9.22. The van der Waals surface area contributed by atoms with E-state index < -0.39 is 36.9 Å². The molecule has 0 aromatic carbocycles. The Labute approximate surface area is 224 Å². The topological polar surface area (TPSA) is 99.1 Å². The first-order chi connectivity index (χ1) is 17.4. The zero-order valence-electron chi connectivity index (χ0n) is 23.3. The van der Waals surface area contributed by atoms with Crippen LogP contribution in [0.15, 0.2) is 0 Å². The van der Waals surface area contributed by atoms with Gasteiger partial charge in [-0.1, -0.05) is 111 Å². The van der Waals surface area contributed by atoms with Crippen molar-refractivity contribution in [2.75, 3.05) is 12.4 Å². The molecule has 0 rings (SSSR count). The van der Waals surface area contributed by atoms with Crippen LogP contribution >= 0.6 is 8.46 Å². The van der Waals surface area contributed by atoms with Crippen molar-refractivity contribution in [3.8, 4) is 0 Å². The van der Waals surface area contributed by atoms with Crippen molar-refractivity contribution in [1.29, 1.82) is 0 Å². The van der Waals surface area contributed by atoms with E-state index in [4.69, 9.17) is 14.5 Å². The summed E-state index contributed by atoms with van der Waals surface area (Å²) in [6.45, 7) is 8.02. The first-order valence-electron chi connectivity index (χ1n) is 14.3. The van der Waals surface area contributed by atoms with Gasteiger partial charge in [-0.2, -0.15) is 4.89 Å². The first-order valence-corrected chi connectivity index (χ1v) is 16.5. The van der Waals surface area contributed by atoms with Gasteiger partial charge < -0.3 is 9.84 Å². The SMILES string of the molecule is CCCCCCCCCCCS(=O)C(CCCCCCCC)C(C)OOC(OCCC)(P=O)C(=O)O. The number of hydrogen-bond acceptors (Lipinski definition) is 6. The van der Waals surface area contributed by atoms with Crippen LogP contribution < -0.4 is 0 Å². The highest BCUT2D eigenvalue weighted by Crippen LogP contribution is 2.29. The number of hydrogen-bond donors (Lipinski definition) is 1. The number of rotatable bonds is 27. The van der Waals surface area contributed by atoms with Gasteiger partial charge in [0, 0.05) is 16.6 Å². The van der Waals surface area contributed by atoms with Crippen LogP contribution in [0, 0.1) is 0 Å². The molecule has 36 heavy (non-hydrogen) atoms. The van der Waals surface area contributed by atoms with Gasteiger partial charge in [0.25, 0.3) is 0 Å². The highest BCUT2D eigenvalue weighted by atomic mass is 32.2. The minimum Gasteiger partial charge on any atom is -0.477 e. The zero-order chi connectivity index (χ0) is 27.1. The quantitative estimate of drug-likeness (QED) is 0.0360. The molecule has 0 fully saturated rings. The number of carboxylic acids is 1. The van der Waals surface area contributed by atoms with Crippen LogP contribution in [0.4, 0.5) is 0 Å². The zero-order valence-corrected chi connectivity index (χ0v) is 25.1. The van der Waals surface area contributed by atoms with Gasteiger partial charge in [0.15, 0.2) is 0 Å². The van der Waals surface area contributed by atoms with Crippen molar-refractivity contribution >= 4 is 25.2 Å². The Morgan fingerprint density at radius 2 is 1.33 bits per heavy atom. The highest BCUT2D eigenvalue weighted by Gasteiger charge is 2.46. The van der Waals surface area contributed by atoms with Crippen molar-refractivity contribution < 1.29 is 33.2 Å². The fourth-order valence-corrected chi connectivity index (χ4v) is 6.05. The Bertz CT molecular complexity index is 578. The van der Waals surface area contributed by atoms with Crippen LogP contribution in [0.25, 0.3) is 0 Å². The smallest absolute Gasteiger partial charge is 0.380 e. The second kappa shape index (κ2) is 23.7. The molecule has 0 bridgehead atoms. The lowest BCUT2D eigenvalue weighted by molar-refractivity contribution is -0.402. The summed E-state index contributed by atoms with van der Waals surface area (Å²) >= 11 is 0. The molecule has 0 saturated carbocycles. The summed E-state index contributed by atoms with van der Waals surface area (Å²) < 4.78 is 30.0. The summed E-state index contributed by atoms with van der Waals surface area (Å²) in [5.74, 6) is -0.927. The second-order valence-electron chi connectivity index (χ2n) is 9.72. The van der Waals surface area contributed by atoms with Crippen molar-refractivity contribution in [3.63, 3.8) is 0 Å². The number of ether oxygens (including phenoxy) is 1. The van der Waals surface area contributed by atoms with Crippen LogP contribution in [0.3, 0.4) is 0 Å². The Morgan fingerprint density at radius 1 is 0.833 bits per heavy atom. The molecule has 0 heterocycles. The molecule has 4 atom stereocenters. The van der Waals surface area contributed by atoms with Crippen LogP contribution in [0.1, 0.15) is 137 Å². The number of carboxylic acid groups (broad SMARTS) is 1. The molecule has 0 aliphatic carbocycles. The van der Waals surface area contributed by atoms with E-state index >= 15 is 0 Å². The van der Waals surface area contributed by atoms with E-state index in [1.165, 1.54) is 64.2 Å². The van der Waals surface area contributed by atoms with Gasteiger partial charge in [0.05, 0.1) is 11.9 Å². The van der Waals surface area contributed by atoms with Crippen LogP contribution in [-0.2, 0) is 34.7 Å². The molecule has 0 spiro atoms. The van der Waals surface area contributed by atoms with Crippen molar-refractivity contribution in [2.24, 2.45) is 0 Å². The third-order valence-corrected chi connectivity index (χ3v) is 8.98. The van der Waals surface area contributed by atoms with E-state index in [0.29, 0.717) is 18.6 Å². The Hall–Kier alpha value is -0.400. The lowest BCUT2D eigenvalue weighted by Crippen LogP contribution is -2.42. The Morgan fingerprint density at radius 3 is 1.81 bits per heavy atom. The summed E-state index contributed by atoms with van der Waals surface area (Å²) in [5.41, 5.74) is -2.41. The van der Waals surface area contributed by atoms with E-state index in [9.17, 15) is 18.7 Å². The van der Waals surface area contributed by atoms with Gasteiger partial charge in [-0.3, -0.25) is 8.77 Å². The normalized spacial score (nSPS) is 16.0. The Balaban J connectivity index is 4.81. The summed E-state index contributed by atoms with van der Waals surface area (Å²) in [7, 11) is -1.98. The number of unbranched alkanes of at least 4 members (excludes halogenated alkanes) is 13. The summed E-state index contributed by atoms with van der Waals surface area (Å²) in [6, 6.07) is 0. The molecule has 1 N–H and O–H groups in total. The molecule has 0 aliphatic heterocycles. The largest absolute Gasteiger partial charge is 0.477 e. The molecule has 0 aromatic heterocycles. The van der Waals surface area contributed by atoms with E-state index in [0.717, 1.165) is 32.1 Å². The predicted molar refractivity (Wildman–Crippen MR) is 148 cm³/mol. The second-order valence-corrected chi connectivity index (χ2v) is 12.3. The molecule has 7 nitrogen and oxygen atoms in total. The fraction of sp³-hybridized carbons (Fsp3) is 0.963.